The van der Waals surface area contributed by atoms with E-state index in [0.29, 0.717) is 12.1 Å². The van der Waals surface area contributed by atoms with E-state index < -0.39 is 12.0 Å². The lowest BCUT2D eigenvalue weighted by Crippen LogP contribution is -2.29. The molecule has 14 heavy (non-hydrogen) atoms. The molecule has 0 spiro atoms. The SMILES string of the molecule is O=C(O)C1CC(c2ccccn2)=NN1. The maximum atomic E-state index is 10.6. The quantitative estimate of drug-likeness (QED) is 0.701. The van der Waals surface area contributed by atoms with Gasteiger partial charge in [-0.1, -0.05) is 6.07 Å². The number of nitrogens with zero attached hydrogens (tertiary/aromatic N) is 2. The molecular formula is C9H9N3O2. The highest BCUT2D eigenvalue weighted by molar-refractivity contribution is 6.02. The smallest absolute Gasteiger partial charge is 0.328 e. The average Bonchev–Trinajstić information content (AvgIpc) is 2.68. The van der Waals surface area contributed by atoms with E-state index in [1.807, 2.05) is 12.1 Å². The van der Waals surface area contributed by atoms with Gasteiger partial charge in [0.1, 0.15) is 6.04 Å². The summed E-state index contributed by atoms with van der Waals surface area (Å²) in [6.45, 7) is 0. The molecule has 1 aliphatic heterocycles. The van der Waals surface area contributed by atoms with E-state index in [2.05, 4.69) is 15.5 Å². The zero-order valence-corrected chi connectivity index (χ0v) is 7.34. The number of hydrogen-bond acceptors (Lipinski definition) is 4. The molecule has 2 rings (SSSR count). The topological polar surface area (TPSA) is 74.6 Å². The van der Waals surface area contributed by atoms with Gasteiger partial charge in [-0.3, -0.25) is 10.4 Å². The number of aliphatic carboxylic acids is 1. The fourth-order valence-corrected chi connectivity index (χ4v) is 1.28. The highest BCUT2D eigenvalue weighted by Gasteiger charge is 2.25. The van der Waals surface area contributed by atoms with Crippen molar-refractivity contribution < 1.29 is 9.90 Å². The Kier molecular flexibility index (Phi) is 2.14. The highest BCUT2D eigenvalue weighted by atomic mass is 16.4. The molecule has 5 nitrogen and oxygen atoms in total. The third-order valence-corrected chi connectivity index (χ3v) is 2.01. The molecule has 0 saturated carbocycles. The maximum Gasteiger partial charge on any atom is 0.328 e. The van der Waals surface area contributed by atoms with Crippen molar-refractivity contribution in [3.8, 4) is 0 Å². The molecule has 0 bridgehead atoms. The monoisotopic (exact) mass is 191 g/mol. The minimum absolute atomic E-state index is 0.381. The van der Waals surface area contributed by atoms with Crippen molar-refractivity contribution in [3.63, 3.8) is 0 Å². The molecule has 1 aromatic heterocycles. The van der Waals surface area contributed by atoms with Gasteiger partial charge in [0.05, 0.1) is 11.4 Å². The Balaban J connectivity index is 2.13. The number of aromatic nitrogens is 1. The number of carboxylic acids is 1. The Hall–Kier alpha value is -1.91. The molecule has 1 aromatic rings. The van der Waals surface area contributed by atoms with Crippen LogP contribution in [0.5, 0.6) is 0 Å². The van der Waals surface area contributed by atoms with Crippen molar-refractivity contribution in [2.75, 3.05) is 0 Å². The predicted octanol–water partition coefficient (Wildman–Crippen LogP) is 0.232. The predicted molar refractivity (Wildman–Crippen MR) is 50.0 cm³/mol. The van der Waals surface area contributed by atoms with Crippen LogP contribution in [-0.4, -0.2) is 27.8 Å². The largest absolute Gasteiger partial charge is 0.480 e. The molecule has 1 atom stereocenters. The molecule has 1 unspecified atom stereocenters. The van der Waals surface area contributed by atoms with Crippen molar-refractivity contribution in [3.05, 3.63) is 30.1 Å². The molecular weight excluding hydrogens is 182 g/mol. The Labute approximate surface area is 80.5 Å². The van der Waals surface area contributed by atoms with Crippen LogP contribution in [0.25, 0.3) is 0 Å². The van der Waals surface area contributed by atoms with Gasteiger partial charge >= 0.3 is 5.97 Å². The van der Waals surface area contributed by atoms with Crippen molar-refractivity contribution in [1.82, 2.24) is 10.4 Å². The summed E-state index contributed by atoms with van der Waals surface area (Å²) in [5.41, 5.74) is 3.97. The second-order valence-corrected chi connectivity index (χ2v) is 3.00. The molecule has 0 saturated heterocycles. The minimum Gasteiger partial charge on any atom is -0.480 e. The lowest BCUT2D eigenvalue weighted by Gasteiger charge is -2.01. The fraction of sp³-hybridized carbons (Fsp3) is 0.222. The van der Waals surface area contributed by atoms with Crippen molar-refractivity contribution in [2.24, 2.45) is 5.10 Å². The van der Waals surface area contributed by atoms with Gasteiger partial charge in [-0.2, -0.15) is 5.10 Å². The molecule has 0 fully saturated rings. The van der Waals surface area contributed by atoms with Crippen LogP contribution in [-0.2, 0) is 4.79 Å². The second-order valence-electron chi connectivity index (χ2n) is 3.00. The van der Waals surface area contributed by atoms with Crippen molar-refractivity contribution in [2.45, 2.75) is 12.5 Å². The summed E-state index contributed by atoms with van der Waals surface area (Å²) in [5, 5.41) is 12.7. The van der Waals surface area contributed by atoms with Gasteiger partial charge in [-0.25, -0.2) is 4.79 Å². The van der Waals surface area contributed by atoms with Gasteiger partial charge in [0.15, 0.2) is 0 Å². The standard InChI is InChI=1S/C9H9N3O2/c13-9(14)8-5-7(11-12-8)6-3-1-2-4-10-6/h1-4,8,12H,5H2,(H,13,14). The Morgan fingerprint density at radius 2 is 2.43 bits per heavy atom. The molecule has 1 aliphatic rings. The number of pyridine rings is 1. The van der Waals surface area contributed by atoms with Gasteiger partial charge in [-0.05, 0) is 12.1 Å². The molecule has 72 valence electrons. The first-order valence-corrected chi connectivity index (χ1v) is 4.23. The van der Waals surface area contributed by atoms with Gasteiger partial charge in [0.25, 0.3) is 0 Å². The van der Waals surface area contributed by atoms with E-state index in [1.54, 1.807) is 12.3 Å². The van der Waals surface area contributed by atoms with Gasteiger partial charge in [-0.15, -0.1) is 0 Å². The maximum absolute atomic E-state index is 10.6. The molecule has 0 radical (unpaired) electrons. The van der Waals surface area contributed by atoms with Crippen molar-refractivity contribution >= 4 is 11.7 Å². The summed E-state index contributed by atoms with van der Waals surface area (Å²) in [7, 11) is 0. The summed E-state index contributed by atoms with van der Waals surface area (Å²) in [6.07, 6.45) is 2.04. The summed E-state index contributed by atoms with van der Waals surface area (Å²) in [4.78, 5) is 14.7. The normalized spacial score (nSPS) is 20.0. The van der Waals surface area contributed by atoms with Crippen LogP contribution in [0, 0.1) is 0 Å². The Morgan fingerprint density at radius 3 is 3.00 bits per heavy atom. The lowest BCUT2D eigenvalue weighted by atomic mass is 10.1. The van der Waals surface area contributed by atoms with Crippen molar-refractivity contribution in [1.29, 1.82) is 0 Å². The van der Waals surface area contributed by atoms with Gasteiger partial charge < -0.3 is 5.11 Å². The molecule has 2 N–H and O–H groups in total. The summed E-state index contributed by atoms with van der Waals surface area (Å²) >= 11 is 0. The highest BCUT2D eigenvalue weighted by Crippen LogP contribution is 2.09. The van der Waals surface area contributed by atoms with Gasteiger partial charge in [0.2, 0.25) is 0 Å². The van der Waals surface area contributed by atoms with Crippen LogP contribution in [0.15, 0.2) is 29.5 Å². The van der Waals surface area contributed by atoms with Crippen LogP contribution in [0.3, 0.4) is 0 Å². The van der Waals surface area contributed by atoms with E-state index in [9.17, 15) is 4.79 Å². The summed E-state index contributed by atoms with van der Waals surface area (Å²) in [5.74, 6) is -0.889. The molecule has 0 aliphatic carbocycles. The van der Waals surface area contributed by atoms with Crippen LogP contribution in [0.1, 0.15) is 12.1 Å². The van der Waals surface area contributed by atoms with E-state index in [1.165, 1.54) is 0 Å². The number of nitrogens with one attached hydrogen (secondary N) is 1. The molecule has 5 heteroatoms. The van der Waals surface area contributed by atoms with E-state index in [4.69, 9.17) is 5.11 Å². The first kappa shape index (κ1) is 8.68. The molecule has 2 heterocycles. The zero-order chi connectivity index (χ0) is 9.97. The van der Waals surface area contributed by atoms with Crippen LogP contribution < -0.4 is 5.43 Å². The first-order chi connectivity index (χ1) is 6.77. The summed E-state index contributed by atoms with van der Waals surface area (Å²) < 4.78 is 0. The number of carbonyl (C=O) groups is 1. The van der Waals surface area contributed by atoms with E-state index >= 15 is 0 Å². The molecule has 0 aromatic carbocycles. The van der Waals surface area contributed by atoms with Gasteiger partial charge in [0, 0.05) is 12.6 Å². The number of hydrogen-bond donors (Lipinski definition) is 2. The lowest BCUT2D eigenvalue weighted by molar-refractivity contribution is -0.139. The zero-order valence-electron chi connectivity index (χ0n) is 7.34. The first-order valence-electron chi connectivity index (χ1n) is 4.23. The number of rotatable bonds is 2. The fourth-order valence-electron chi connectivity index (χ4n) is 1.28. The number of hydrazone groups is 1. The van der Waals surface area contributed by atoms with Crippen LogP contribution in [0.2, 0.25) is 0 Å². The van der Waals surface area contributed by atoms with Crippen LogP contribution >= 0.6 is 0 Å². The van der Waals surface area contributed by atoms with E-state index in [-0.39, 0.29) is 0 Å². The molecule has 0 amide bonds. The Morgan fingerprint density at radius 1 is 1.57 bits per heavy atom. The minimum atomic E-state index is -0.889. The summed E-state index contributed by atoms with van der Waals surface area (Å²) in [6, 6.07) is 4.84. The third kappa shape index (κ3) is 1.56. The average molecular weight is 191 g/mol. The van der Waals surface area contributed by atoms with E-state index in [0.717, 1.165) is 5.69 Å². The Bertz CT molecular complexity index is 375. The number of carboxylic acid groups (broad SMARTS) is 1. The second kappa shape index (κ2) is 3.45. The van der Waals surface area contributed by atoms with Crippen LogP contribution in [0.4, 0.5) is 0 Å². The third-order valence-electron chi connectivity index (χ3n) is 2.01.